The zero-order chi connectivity index (χ0) is 28.2. The Morgan fingerprint density at radius 1 is 1.00 bits per heavy atom. The summed E-state index contributed by atoms with van der Waals surface area (Å²) < 4.78 is 14.5. The number of nitrogens with two attached hydrogens (primary N) is 1. The van der Waals surface area contributed by atoms with Gasteiger partial charge in [-0.2, -0.15) is 4.90 Å². The SMILES string of the molecule is CC(C)(C)c1ccc([C@@H]2c3sc(=O)n(CC(=O)Nc4ccc(F)cc4)c3S[C@@H]3C(=O)N(C(N)=O)C(=O)[C@H]23)cc1. The molecular formula is C27H25FN4O5S2. The molecule has 2 aromatic carbocycles. The lowest BCUT2D eigenvalue weighted by atomic mass is 9.81. The molecule has 5 amide bonds. The number of thiazole rings is 1. The first-order valence-corrected chi connectivity index (χ1v) is 13.8. The van der Waals surface area contributed by atoms with Gasteiger partial charge >= 0.3 is 10.9 Å². The van der Waals surface area contributed by atoms with Crippen LogP contribution in [0, 0.1) is 11.7 Å². The molecule has 0 saturated carbocycles. The van der Waals surface area contributed by atoms with Gasteiger partial charge in [0.1, 0.15) is 17.6 Å². The van der Waals surface area contributed by atoms with Gasteiger partial charge in [-0.25, -0.2) is 9.18 Å². The molecule has 2 aliphatic heterocycles. The van der Waals surface area contributed by atoms with E-state index in [0.29, 0.717) is 26.1 Å². The monoisotopic (exact) mass is 568 g/mol. The van der Waals surface area contributed by atoms with Crippen LogP contribution in [-0.2, 0) is 26.3 Å². The summed E-state index contributed by atoms with van der Waals surface area (Å²) in [5.74, 6) is -4.06. The van der Waals surface area contributed by atoms with E-state index in [1.165, 1.54) is 28.8 Å². The van der Waals surface area contributed by atoms with Crippen LogP contribution in [0.25, 0.3) is 0 Å². The minimum atomic E-state index is -1.15. The van der Waals surface area contributed by atoms with Crippen LogP contribution in [0.1, 0.15) is 42.7 Å². The predicted octanol–water partition coefficient (Wildman–Crippen LogP) is 3.66. The van der Waals surface area contributed by atoms with E-state index >= 15 is 0 Å². The van der Waals surface area contributed by atoms with Gasteiger partial charge in [-0.05, 0) is 40.8 Å². The number of anilines is 1. The smallest absolute Gasteiger partial charge is 0.328 e. The van der Waals surface area contributed by atoms with Crippen LogP contribution in [0.15, 0.2) is 58.4 Å². The second-order valence-corrected chi connectivity index (χ2v) is 12.6. The minimum absolute atomic E-state index is 0.122. The second-order valence-electron chi connectivity index (χ2n) is 10.4. The Morgan fingerprint density at radius 3 is 2.23 bits per heavy atom. The van der Waals surface area contributed by atoms with Crippen LogP contribution < -0.4 is 15.9 Å². The van der Waals surface area contributed by atoms with Crippen molar-refractivity contribution in [2.45, 2.75) is 48.9 Å². The number of imide groups is 3. The Labute approximate surface area is 231 Å². The first-order valence-electron chi connectivity index (χ1n) is 12.1. The second kappa shape index (κ2) is 9.76. The molecule has 3 N–H and O–H groups in total. The molecule has 9 nitrogen and oxygen atoms in total. The number of nitrogens with one attached hydrogen (secondary N) is 1. The number of fused-ring (bicyclic) bond motifs is 2. The van der Waals surface area contributed by atoms with Crippen LogP contribution in [0.4, 0.5) is 14.9 Å². The van der Waals surface area contributed by atoms with E-state index < -0.39 is 51.5 Å². The molecule has 39 heavy (non-hydrogen) atoms. The van der Waals surface area contributed by atoms with E-state index in [1.807, 2.05) is 24.3 Å². The maximum absolute atomic E-state index is 13.3. The molecule has 1 fully saturated rings. The van der Waals surface area contributed by atoms with E-state index in [2.05, 4.69) is 26.1 Å². The zero-order valence-corrected chi connectivity index (χ0v) is 22.9. The first kappa shape index (κ1) is 26.8. The fourth-order valence-corrected chi connectivity index (χ4v) is 7.67. The molecule has 0 bridgehead atoms. The van der Waals surface area contributed by atoms with Crippen molar-refractivity contribution < 1.29 is 23.6 Å². The lowest BCUT2D eigenvalue weighted by molar-refractivity contribution is -0.135. The summed E-state index contributed by atoms with van der Waals surface area (Å²) in [6.45, 7) is 5.85. The number of primary amides is 1. The third-order valence-corrected chi connectivity index (χ3v) is 9.44. The molecule has 2 aliphatic rings. The Bertz CT molecular complexity index is 1560. The number of aromatic nitrogens is 1. The van der Waals surface area contributed by atoms with E-state index in [1.54, 1.807) is 0 Å². The highest BCUT2D eigenvalue weighted by Gasteiger charge is 2.57. The van der Waals surface area contributed by atoms with Gasteiger partial charge in [-0.3, -0.25) is 23.7 Å². The highest BCUT2D eigenvalue weighted by molar-refractivity contribution is 8.00. The summed E-state index contributed by atoms with van der Waals surface area (Å²) in [5, 5.41) is 2.02. The molecule has 12 heteroatoms. The van der Waals surface area contributed by atoms with Gasteiger partial charge in [0.15, 0.2) is 0 Å². The molecule has 0 radical (unpaired) electrons. The van der Waals surface area contributed by atoms with Crippen LogP contribution in [-0.4, -0.2) is 38.5 Å². The first-order chi connectivity index (χ1) is 18.4. The van der Waals surface area contributed by atoms with Crippen molar-refractivity contribution in [2.75, 3.05) is 5.32 Å². The summed E-state index contributed by atoms with van der Waals surface area (Å²) in [5.41, 5.74) is 7.37. The van der Waals surface area contributed by atoms with Gasteiger partial charge < -0.3 is 11.1 Å². The van der Waals surface area contributed by atoms with Crippen LogP contribution in [0.3, 0.4) is 0 Å². The zero-order valence-electron chi connectivity index (χ0n) is 21.3. The van der Waals surface area contributed by atoms with Crippen LogP contribution >= 0.6 is 23.1 Å². The molecule has 5 rings (SSSR count). The fourth-order valence-electron chi connectivity index (χ4n) is 4.90. The summed E-state index contributed by atoms with van der Waals surface area (Å²) >= 11 is 1.89. The largest absolute Gasteiger partial charge is 0.351 e. The van der Waals surface area contributed by atoms with E-state index in [4.69, 9.17) is 5.73 Å². The van der Waals surface area contributed by atoms with Crippen molar-refractivity contribution in [1.82, 2.24) is 9.47 Å². The molecule has 3 atom stereocenters. The molecule has 3 heterocycles. The Balaban J connectivity index is 1.56. The fraction of sp³-hybridized carbons (Fsp3) is 0.296. The van der Waals surface area contributed by atoms with E-state index in [9.17, 15) is 28.4 Å². The van der Waals surface area contributed by atoms with Crippen molar-refractivity contribution in [3.8, 4) is 0 Å². The van der Waals surface area contributed by atoms with Gasteiger partial charge in [-0.1, -0.05) is 68.1 Å². The number of carbonyl (C=O) groups is 4. The molecule has 0 aliphatic carbocycles. The number of amides is 5. The van der Waals surface area contributed by atoms with Gasteiger partial charge in [0.2, 0.25) is 11.8 Å². The summed E-state index contributed by atoms with van der Waals surface area (Å²) in [6, 6.07) is 11.7. The van der Waals surface area contributed by atoms with Crippen LogP contribution in [0.5, 0.6) is 0 Å². The van der Waals surface area contributed by atoms with Crippen LogP contribution in [0.2, 0.25) is 0 Å². The number of benzene rings is 2. The minimum Gasteiger partial charge on any atom is -0.351 e. The Kier molecular flexibility index (Phi) is 6.71. The average molecular weight is 569 g/mol. The number of likely N-dealkylation sites (tertiary alicyclic amines) is 1. The van der Waals surface area contributed by atoms with Gasteiger partial charge in [0, 0.05) is 16.5 Å². The predicted molar refractivity (Wildman–Crippen MR) is 145 cm³/mol. The number of rotatable bonds is 4. The number of thioether (sulfide) groups is 1. The average Bonchev–Trinajstić information content (AvgIpc) is 3.31. The van der Waals surface area contributed by atoms with Crippen molar-refractivity contribution >= 4 is 52.5 Å². The quantitative estimate of drug-likeness (QED) is 0.462. The molecule has 0 spiro atoms. The number of hydrogen-bond acceptors (Lipinski definition) is 7. The third-order valence-electron chi connectivity index (χ3n) is 6.84. The maximum Gasteiger partial charge on any atom is 0.328 e. The third kappa shape index (κ3) is 4.78. The Morgan fingerprint density at radius 2 is 1.64 bits per heavy atom. The molecule has 1 saturated heterocycles. The highest BCUT2D eigenvalue weighted by atomic mass is 32.2. The van der Waals surface area contributed by atoms with Crippen molar-refractivity contribution in [2.24, 2.45) is 11.7 Å². The van der Waals surface area contributed by atoms with Gasteiger partial charge in [0.05, 0.1) is 10.9 Å². The molecule has 0 unspecified atom stereocenters. The molecule has 202 valence electrons. The van der Waals surface area contributed by atoms with Gasteiger partial charge in [0.25, 0.3) is 5.91 Å². The summed E-state index contributed by atoms with van der Waals surface area (Å²) in [6.07, 6.45) is 0. The van der Waals surface area contributed by atoms with Crippen molar-refractivity contribution in [1.29, 1.82) is 0 Å². The number of halogens is 1. The Hall–Kier alpha value is -3.77. The van der Waals surface area contributed by atoms with Crippen molar-refractivity contribution in [3.05, 3.63) is 80.0 Å². The molecule has 1 aromatic heterocycles. The topological polar surface area (TPSA) is 132 Å². The highest BCUT2D eigenvalue weighted by Crippen LogP contribution is 2.53. The summed E-state index contributed by atoms with van der Waals surface area (Å²) in [7, 11) is 0. The molecular weight excluding hydrogens is 543 g/mol. The van der Waals surface area contributed by atoms with Crippen molar-refractivity contribution in [3.63, 3.8) is 0 Å². The lowest BCUT2D eigenvalue weighted by Crippen LogP contribution is -2.41. The number of nitrogens with zero attached hydrogens (tertiary/aromatic N) is 2. The standard InChI is InChI=1S/C27H25FN4O5S2/c1-27(2,3)14-6-4-13(5-7-14)18-19-20(23(35)32(22(19)34)25(29)36)38-24-21(18)39-26(37)31(24)12-17(33)30-16-10-8-15(28)9-11-16/h4-11,18-20H,12H2,1-3H3,(H2,29,36)(H,30,33)/t18-,19+,20-/m0/s1. The number of urea groups is 1. The number of hydrogen-bond donors (Lipinski definition) is 2. The molecule has 3 aromatic rings. The van der Waals surface area contributed by atoms with Gasteiger partial charge in [-0.15, -0.1) is 0 Å². The number of carbonyl (C=O) groups excluding carboxylic acids is 4. The normalized spacial score (nSPS) is 20.5. The lowest BCUT2D eigenvalue weighted by Gasteiger charge is -2.31. The van der Waals surface area contributed by atoms with E-state index in [-0.39, 0.29) is 12.0 Å². The van der Waals surface area contributed by atoms with E-state index in [0.717, 1.165) is 28.7 Å². The summed E-state index contributed by atoms with van der Waals surface area (Å²) in [4.78, 5) is 65.0. The maximum atomic E-state index is 13.3.